The van der Waals surface area contributed by atoms with Crippen molar-refractivity contribution < 1.29 is 9.53 Å². The van der Waals surface area contributed by atoms with Crippen LogP contribution in [0.5, 0.6) is 5.75 Å². The molecular weight excluding hydrogens is 338 g/mol. The number of halogens is 1. The Balaban J connectivity index is 1.79. The highest BCUT2D eigenvalue weighted by Gasteiger charge is 2.24. The van der Waals surface area contributed by atoms with E-state index in [1.54, 1.807) is 6.20 Å². The topological polar surface area (TPSA) is 77.2 Å². The molecule has 2 aromatic rings. The number of rotatable bonds is 6. The molecule has 0 aliphatic carbocycles. The lowest BCUT2D eigenvalue weighted by atomic mass is 10.00. The number of carbonyl (C=O) groups excluding carboxylic acids is 1. The predicted octanol–water partition coefficient (Wildman–Crippen LogP) is 3.40. The van der Waals surface area contributed by atoms with Gasteiger partial charge < -0.3 is 15.8 Å². The molecule has 0 fully saturated rings. The Labute approximate surface area is 152 Å². The highest BCUT2D eigenvalue weighted by atomic mass is 35.5. The summed E-state index contributed by atoms with van der Waals surface area (Å²) in [5.41, 5.74) is 8.91. The Morgan fingerprint density at radius 2 is 2.16 bits per heavy atom. The van der Waals surface area contributed by atoms with E-state index >= 15 is 0 Å². The molecule has 132 valence electrons. The second-order valence-corrected chi connectivity index (χ2v) is 7.04. The van der Waals surface area contributed by atoms with Gasteiger partial charge in [-0.05, 0) is 48.6 Å². The number of hydrogen-bond acceptors (Lipinski definition) is 4. The summed E-state index contributed by atoms with van der Waals surface area (Å²) in [4.78, 5) is 16.3. The van der Waals surface area contributed by atoms with E-state index in [1.807, 2.05) is 31.2 Å². The maximum atomic E-state index is 12.1. The third kappa shape index (κ3) is 3.94. The van der Waals surface area contributed by atoms with E-state index in [-0.39, 0.29) is 11.9 Å². The van der Waals surface area contributed by atoms with Crippen LogP contribution in [0.3, 0.4) is 0 Å². The largest absolute Gasteiger partial charge is 0.492 e. The lowest BCUT2D eigenvalue weighted by molar-refractivity contribution is 0.0966. The van der Waals surface area contributed by atoms with E-state index in [1.165, 1.54) is 0 Å². The molecule has 0 bridgehead atoms. The van der Waals surface area contributed by atoms with Gasteiger partial charge in [0.25, 0.3) is 5.91 Å². The second kappa shape index (κ2) is 7.42. The van der Waals surface area contributed by atoms with Crippen LogP contribution in [0.25, 0.3) is 11.1 Å². The van der Waals surface area contributed by atoms with Gasteiger partial charge in [0, 0.05) is 12.2 Å². The standard InChI is InChI=1S/C19H22ClN3O2/c1-11(7-12(2)21)10-25-17-4-3-13(8-15(17)20)14-5-6-22-16-9-23-19(24)18(14)16/h3-6,8,11-12H,7,9-10,21H2,1-2H3,(H,23,24). The zero-order chi connectivity index (χ0) is 18.0. The van der Waals surface area contributed by atoms with Crippen molar-refractivity contribution in [1.82, 2.24) is 10.3 Å². The van der Waals surface area contributed by atoms with Crippen LogP contribution in [0.15, 0.2) is 30.5 Å². The summed E-state index contributed by atoms with van der Waals surface area (Å²) in [5, 5.41) is 3.32. The SMILES string of the molecule is CC(N)CC(C)COc1ccc(-c2ccnc3c2C(=O)NC3)cc1Cl. The Morgan fingerprint density at radius 3 is 2.88 bits per heavy atom. The van der Waals surface area contributed by atoms with E-state index in [9.17, 15) is 4.79 Å². The van der Waals surface area contributed by atoms with Gasteiger partial charge in [0.2, 0.25) is 0 Å². The highest BCUT2D eigenvalue weighted by molar-refractivity contribution is 6.32. The maximum Gasteiger partial charge on any atom is 0.254 e. The Morgan fingerprint density at radius 1 is 1.36 bits per heavy atom. The molecule has 0 spiro atoms. The first-order valence-electron chi connectivity index (χ1n) is 8.40. The molecule has 1 aliphatic heterocycles. The first kappa shape index (κ1) is 17.7. The molecule has 6 heteroatoms. The third-order valence-corrected chi connectivity index (χ3v) is 4.51. The summed E-state index contributed by atoms with van der Waals surface area (Å²) in [6.45, 7) is 5.12. The van der Waals surface area contributed by atoms with Crippen LogP contribution in [-0.2, 0) is 6.54 Å². The van der Waals surface area contributed by atoms with Gasteiger partial charge in [-0.25, -0.2) is 0 Å². The first-order valence-corrected chi connectivity index (χ1v) is 8.78. The van der Waals surface area contributed by atoms with E-state index in [4.69, 9.17) is 22.1 Å². The van der Waals surface area contributed by atoms with Crippen molar-refractivity contribution in [3.63, 3.8) is 0 Å². The van der Waals surface area contributed by atoms with Crippen LogP contribution in [0, 0.1) is 5.92 Å². The fraction of sp³-hybridized carbons (Fsp3) is 0.368. The minimum atomic E-state index is -0.0979. The average Bonchev–Trinajstić information content (AvgIpc) is 2.94. The van der Waals surface area contributed by atoms with Crippen molar-refractivity contribution >= 4 is 17.5 Å². The minimum absolute atomic E-state index is 0.0979. The number of carbonyl (C=O) groups is 1. The van der Waals surface area contributed by atoms with Crippen molar-refractivity contribution in [2.24, 2.45) is 11.7 Å². The van der Waals surface area contributed by atoms with Crippen molar-refractivity contribution in [1.29, 1.82) is 0 Å². The van der Waals surface area contributed by atoms with Gasteiger partial charge in [0.15, 0.2) is 0 Å². The number of aromatic nitrogens is 1. The molecule has 5 nitrogen and oxygen atoms in total. The molecule has 25 heavy (non-hydrogen) atoms. The van der Waals surface area contributed by atoms with Gasteiger partial charge in [-0.1, -0.05) is 24.6 Å². The quantitative estimate of drug-likeness (QED) is 0.828. The molecule has 0 saturated carbocycles. The summed E-state index contributed by atoms with van der Waals surface area (Å²) >= 11 is 6.39. The number of fused-ring (bicyclic) bond motifs is 1. The molecule has 3 rings (SSSR count). The first-order chi connectivity index (χ1) is 12.0. The number of nitrogens with two attached hydrogens (primary N) is 1. The molecule has 2 atom stereocenters. The van der Waals surface area contributed by atoms with Gasteiger partial charge in [-0.2, -0.15) is 0 Å². The lowest BCUT2D eigenvalue weighted by Gasteiger charge is -2.16. The summed E-state index contributed by atoms with van der Waals surface area (Å²) < 4.78 is 5.82. The zero-order valence-electron chi connectivity index (χ0n) is 14.4. The highest BCUT2D eigenvalue weighted by Crippen LogP contribution is 2.34. The van der Waals surface area contributed by atoms with E-state index in [2.05, 4.69) is 17.2 Å². The van der Waals surface area contributed by atoms with Gasteiger partial charge in [-0.3, -0.25) is 9.78 Å². The smallest absolute Gasteiger partial charge is 0.254 e. The number of ether oxygens (including phenoxy) is 1. The van der Waals surface area contributed by atoms with Gasteiger partial charge in [0.1, 0.15) is 5.75 Å². The number of nitrogens with one attached hydrogen (secondary N) is 1. The monoisotopic (exact) mass is 359 g/mol. The van der Waals surface area contributed by atoms with Crippen molar-refractivity contribution in [3.8, 4) is 16.9 Å². The number of benzene rings is 1. The van der Waals surface area contributed by atoms with Crippen LogP contribution in [0.2, 0.25) is 5.02 Å². The zero-order valence-corrected chi connectivity index (χ0v) is 15.1. The lowest BCUT2D eigenvalue weighted by Crippen LogP contribution is -2.21. The van der Waals surface area contributed by atoms with E-state index in [0.717, 1.165) is 23.2 Å². The number of hydrogen-bond donors (Lipinski definition) is 2. The molecule has 0 radical (unpaired) electrons. The van der Waals surface area contributed by atoms with Gasteiger partial charge in [-0.15, -0.1) is 0 Å². The predicted molar refractivity (Wildman–Crippen MR) is 98.8 cm³/mol. The maximum absolute atomic E-state index is 12.1. The molecule has 2 heterocycles. The normalized spacial score (nSPS) is 15.4. The second-order valence-electron chi connectivity index (χ2n) is 6.64. The van der Waals surface area contributed by atoms with Crippen LogP contribution >= 0.6 is 11.6 Å². The number of pyridine rings is 1. The molecule has 1 aromatic heterocycles. The molecule has 3 N–H and O–H groups in total. The van der Waals surface area contributed by atoms with Crippen LogP contribution in [0.4, 0.5) is 0 Å². The average molecular weight is 360 g/mol. The molecule has 2 unspecified atom stereocenters. The van der Waals surface area contributed by atoms with Crippen molar-refractivity contribution in [3.05, 3.63) is 46.7 Å². The number of amides is 1. The van der Waals surface area contributed by atoms with Crippen molar-refractivity contribution in [2.75, 3.05) is 6.61 Å². The van der Waals surface area contributed by atoms with Crippen LogP contribution in [0.1, 0.15) is 36.3 Å². The van der Waals surface area contributed by atoms with Gasteiger partial charge >= 0.3 is 0 Å². The summed E-state index contributed by atoms with van der Waals surface area (Å²) in [6, 6.07) is 7.57. The van der Waals surface area contributed by atoms with Gasteiger partial charge in [0.05, 0.1) is 29.4 Å². The molecular formula is C19H22ClN3O2. The molecule has 0 saturated heterocycles. The third-order valence-electron chi connectivity index (χ3n) is 4.21. The summed E-state index contributed by atoms with van der Waals surface area (Å²) in [5.74, 6) is 0.888. The Hall–Kier alpha value is -2.11. The summed E-state index contributed by atoms with van der Waals surface area (Å²) in [6.07, 6.45) is 2.61. The van der Waals surface area contributed by atoms with Crippen LogP contribution < -0.4 is 15.8 Å². The Bertz CT molecular complexity index is 792. The Kier molecular flexibility index (Phi) is 5.25. The fourth-order valence-corrected chi connectivity index (χ4v) is 3.34. The van der Waals surface area contributed by atoms with E-state index < -0.39 is 0 Å². The van der Waals surface area contributed by atoms with E-state index in [0.29, 0.717) is 35.4 Å². The molecule has 1 amide bonds. The minimum Gasteiger partial charge on any atom is -0.492 e. The van der Waals surface area contributed by atoms with Crippen LogP contribution in [-0.4, -0.2) is 23.5 Å². The summed E-state index contributed by atoms with van der Waals surface area (Å²) in [7, 11) is 0. The number of nitrogens with zero attached hydrogens (tertiary/aromatic N) is 1. The molecule has 1 aliphatic rings. The van der Waals surface area contributed by atoms with Crippen molar-refractivity contribution in [2.45, 2.75) is 32.9 Å². The fourth-order valence-electron chi connectivity index (χ4n) is 3.11. The molecule has 1 aromatic carbocycles.